The third-order valence-corrected chi connectivity index (χ3v) is 4.57. The largest absolute Gasteiger partial charge is 1.00 e. The molecule has 15 heteroatoms. The van der Waals surface area contributed by atoms with E-state index in [0.717, 1.165) is 12.2 Å². The molecule has 1 rings (SSSR count). The van der Waals surface area contributed by atoms with E-state index in [1.54, 1.807) is 0 Å². The van der Waals surface area contributed by atoms with Crippen molar-refractivity contribution in [2.75, 3.05) is 0 Å². The zero-order valence-corrected chi connectivity index (χ0v) is 26.9. The van der Waals surface area contributed by atoms with E-state index in [0.29, 0.717) is 0 Å². The van der Waals surface area contributed by atoms with Gasteiger partial charge in [0.15, 0.2) is 0 Å². The monoisotopic (exact) mass is 558 g/mol. The number of hydrogen-bond acceptors (Lipinski definition) is 4. The minimum absolute atomic E-state index is 0. The van der Waals surface area contributed by atoms with Crippen LogP contribution in [0.3, 0.4) is 0 Å². The van der Waals surface area contributed by atoms with Crippen LogP contribution in [0.1, 0.15) is 109 Å². The van der Waals surface area contributed by atoms with Crippen LogP contribution >= 0.6 is 0 Å². The van der Waals surface area contributed by atoms with Gasteiger partial charge in [-0.1, -0.05) is 96.8 Å². The van der Waals surface area contributed by atoms with E-state index in [9.17, 15) is 0 Å². The van der Waals surface area contributed by atoms with Crippen LogP contribution in [0.4, 0.5) is 0 Å². The number of unbranched alkanes of at least 4 members (excludes halogenated alkanes) is 14. The molecule has 1 heterocycles. The van der Waals surface area contributed by atoms with Crippen LogP contribution in [0.15, 0.2) is 12.4 Å². The zero-order valence-electron chi connectivity index (χ0n) is 22.0. The van der Waals surface area contributed by atoms with Gasteiger partial charge in [-0.15, -0.1) is 11.4 Å². The Labute approximate surface area is 258 Å². The Hall–Kier alpha value is 1.000. The maximum Gasteiger partial charge on any atom is 1.00 e. The van der Waals surface area contributed by atoms with E-state index >= 15 is 0 Å². The number of H-pyrrole nitrogens is 1. The molecule has 1 aromatic heterocycles. The number of imidazole rings is 1. The Kier molecular flexibility index (Phi) is 103. The fourth-order valence-corrected chi connectivity index (χ4v) is 3.10. The van der Waals surface area contributed by atoms with Crippen molar-refractivity contribution in [3.8, 4) is 0 Å². The van der Waals surface area contributed by atoms with E-state index in [1.807, 2.05) is 12.4 Å². The first-order valence-electron chi connectivity index (χ1n) is 10.4. The summed E-state index contributed by atoms with van der Waals surface area (Å²) in [6, 6.07) is 0. The van der Waals surface area contributed by atoms with Gasteiger partial charge in [-0.2, -0.15) is 0 Å². The van der Waals surface area contributed by atoms with Gasteiger partial charge in [0.05, 0.1) is 0 Å². The molecule has 0 atom stereocenters. The Balaban J connectivity index is -0.0000000559. The summed E-state index contributed by atoms with van der Waals surface area (Å²) in [5.74, 6) is 1.15. The summed E-state index contributed by atoms with van der Waals surface area (Å²) in [7, 11) is 0. The normalized spacial score (nSPS) is 8.00. The standard InChI is InChI=1S/C20H38N2.2Na.H2O3S.7H2O/c1-2-3-4-5-6-7-8-9-10-11-12-13-14-15-16-17-20-21-18-19-22-20;;;1-4(2)3;;;;;;;/h18-19H,2-17H2,1H3,(H,21,22);;;(H2,1,2,3);7*1H2/q;2*+1;;;;;;;;/p-2. The summed E-state index contributed by atoms with van der Waals surface area (Å²) in [6.07, 6.45) is 26.3. The van der Waals surface area contributed by atoms with Gasteiger partial charge < -0.3 is 52.4 Å². The third-order valence-electron chi connectivity index (χ3n) is 4.57. The fourth-order valence-electron chi connectivity index (χ4n) is 3.10. The van der Waals surface area contributed by atoms with Gasteiger partial charge in [0, 0.05) is 18.8 Å². The molecule has 0 spiro atoms. The van der Waals surface area contributed by atoms with Crippen LogP contribution in [0, 0.1) is 0 Å². The average Bonchev–Trinajstić information content (AvgIpc) is 3.11. The van der Waals surface area contributed by atoms with Crippen molar-refractivity contribution in [1.29, 1.82) is 0 Å². The van der Waals surface area contributed by atoms with Crippen molar-refractivity contribution in [2.45, 2.75) is 110 Å². The number of aromatic nitrogens is 2. The van der Waals surface area contributed by atoms with Gasteiger partial charge >= 0.3 is 59.1 Å². The Morgan fingerprint density at radius 2 is 0.943 bits per heavy atom. The van der Waals surface area contributed by atoms with Crippen molar-refractivity contribution in [2.24, 2.45) is 0 Å². The maximum absolute atomic E-state index is 8.44. The minimum atomic E-state index is -3.11. The summed E-state index contributed by atoms with van der Waals surface area (Å²) in [4.78, 5) is 7.44. The van der Waals surface area contributed by atoms with Crippen molar-refractivity contribution >= 4 is 11.4 Å². The van der Waals surface area contributed by atoms with Gasteiger partial charge in [0.2, 0.25) is 0 Å². The summed E-state index contributed by atoms with van der Waals surface area (Å²) in [5, 5.41) is 0. The van der Waals surface area contributed by atoms with E-state index in [1.165, 1.54) is 96.3 Å². The van der Waals surface area contributed by atoms with Crippen LogP contribution in [-0.2, 0) is 17.8 Å². The van der Waals surface area contributed by atoms with E-state index in [4.69, 9.17) is 13.3 Å². The maximum atomic E-state index is 8.44. The van der Waals surface area contributed by atoms with Crippen LogP contribution in [0.5, 0.6) is 0 Å². The summed E-state index contributed by atoms with van der Waals surface area (Å²) < 4.78 is 25.3. The summed E-state index contributed by atoms with van der Waals surface area (Å²) >= 11 is -3.11. The Morgan fingerprint density at radius 3 is 1.20 bits per heavy atom. The van der Waals surface area contributed by atoms with Crippen LogP contribution in [-0.4, -0.2) is 61.6 Å². The molecule has 1 aromatic rings. The van der Waals surface area contributed by atoms with E-state index in [2.05, 4.69) is 16.9 Å². The number of nitrogens with zero attached hydrogens (tertiary/aromatic N) is 1. The number of nitrogens with one attached hydrogen (secondary N) is 1. The quantitative estimate of drug-likeness (QED) is 0.117. The molecular formula is C20H52N2Na2O10S. The molecule has 0 amide bonds. The van der Waals surface area contributed by atoms with Crippen molar-refractivity contribution in [3.63, 3.8) is 0 Å². The molecule has 0 aromatic carbocycles. The predicted octanol–water partition coefficient (Wildman–Crippen LogP) is -5.95. The molecule has 0 bridgehead atoms. The first kappa shape index (κ1) is 65.2. The van der Waals surface area contributed by atoms with Crippen molar-refractivity contribution in [1.82, 2.24) is 9.97 Å². The Bertz CT molecular complexity index is 423. The molecule has 0 aliphatic heterocycles. The van der Waals surface area contributed by atoms with Crippen molar-refractivity contribution < 1.29 is 111 Å². The molecule has 0 saturated heterocycles. The third kappa shape index (κ3) is 61.0. The van der Waals surface area contributed by atoms with Crippen LogP contribution in [0.2, 0.25) is 0 Å². The summed E-state index contributed by atoms with van der Waals surface area (Å²) in [5.41, 5.74) is 0. The number of hydrogen-bond donors (Lipinski definition) is 1. The van der Waals surface area contributed by atoms with Crippen LogP contribution in [0.25, 0.3) is 0 Å². The van der Waals surface area contributed by atoms with Crippen molar-refractivity contribution in [3.05, 3.63) is 18.2 Å². The smallest absolute Gasteiger partial charge is 0.784 e. The van der Waals surface area contributed by atoms with Gasteiger partial charge in [-0.05, 0) is 6.42 Å². The molecule has 0 saturated carbocycles. The Morgan fingerprint density at radius 1 is 0.657 bits per heavy atom. The topological polar surface area (TPSA) is 312 Å². The molecule has 15 N–H and O–H groups in total. The average molecular weight is 559 g/mol. The fraction of sp³-hybridized carbons (Fsp3) is 0.850. The second kappa shape index (κ2) is 55.5. The second-order valence-electron chi connectivity index (χ2n) is 6.94. The van der Waals surface area contributed by atoms with Gasteiger partial charge in [0.1, 0.15) is 5.82 Å². The predicted molar refractivity (Wildman–Crippen MR) is 132 cm³/mol. The molecule has 0 fully saturated rings. The molecule has 0 radical (unpaired) electrons. The van der Waals surface area contributed by atoms with Gasteiger partial charge in [-0.25, -0.2) is 4.98 Å². The first-order valence-corrected chi connectivity index (χ1v) is 11.4. The number of rotatable bonds is 16. The molecular weight excluding hydrogens is 506 g/mol. The van der Waals surface area contributed by atoms with E-state index < -0.39 is 11.4 Å². The molecule has 0 aliphatic carbocycles. The van der Waals surface area contributed by atoms with Gasteiger partial charge in [0.25, 0.3) is 0 Å². The number of aromatic amines is 1. The number of aryl methyl sites for hydroxylation is 1. The molecule has 0 aliphatic rings. The zero-order chi connectivity index (χ0) is 19.3. The van der Waals surface area contributed by atoms with Crippen LogP contribution < -0.4 is 59.1 Å². The molecule has 0 unspecified atom stereocenters. The second-order valence-corrected chi connectivity index (χ2v) is 7.35. The molecule has 210 valence electrons. The molecule has 35 heavy (non-hydrogen) atoms. The SMILES string of the molecule is CCCCCCCCCCCCCCCCCc1ncc[nH]1.O.O.O.O.O.O.O.O=S([O-])[O-].[Na+].[Na+]. The minimum Gasteiger partial charge on any atom is -0.784 e. The summed E-state index contributed by atoms with van der Waals surface area (Å²) in [6.45, 7) is 2.29. The first-order chi connectivity index (χ1) is 12.7. The van der Waals surface area contributed by atoms with Gasteiger partial charge in [-0.3, -0.25) is 4.21 Å². The van der Waals surface area contributed by atoms with E-state index in [-0.39, 0.29) is 97.4 Å². The molecule has 12 nitrogen and oxygen atoms in total.